The molecule has 3 heteroatoms. The van der Waals surface area contributed by atoms with Gasteiger partial charge in [0.25, 0.3) is 0 Å². The van der Waals surface area contributed by atoms with Crippen molar-refractivity contribution < 1.29 is 5.11 Å². The molecule has 0 spiro atoms. The van der Waals surface area contributed by atoms with Crippen molar-refractivity contribution in [2.75, 3.05) is 18.0 Å². The summed E-state index contributed by atoms with van der Waals surface area (Å²) in [6, 6.07) is 6.30. The zero-order valence-electron chi connectivity index (χ0n) is 11.2. The molecule has 1 fully saturated rings. The van der Waals surface area contributed by atoms with E-state index in [1.165, 1.54) is 24.9 Å². The van der Waals surface area contributed by atoms with Crippen LogP contribution in [-0.4, -0.2) is 18.2 Å². The van der Waals surface area contributed by atoms with Crippen LogP contribution in [0, 0.1) is 5.92 Å². The summed E-state index contributed by atoms with van der Waals surface area (Å²) in [6.45, 7) is 6.39. The van der Waals surface area contributed by atoms with Crippen LogP contribution in [0.2, 0.25) is 0 Å². The molecule has 0 saturated carbocycles. The monoisotopic (exact) mass is 311 g/mol. The lowest BCUT2D eigenvalue weighted by molar-refractivity contribution is 0.198. The molecule has 0 radical (unpaired) electrons. The number of halogens is 1. The van der Waals surface area contributed by atoms with Crippen LogP contribution in [0.3, 0.4) is 0 Å². The predicted octanol–water partition coefficient (Wildman–Crippen LogP) is 4.13. The van der Waals surface area contributed by atoms with Gasteiger partial charge in [0.1, 0.15) is 0 Å². The van der Waals surface area contributed by atoms with E-state index in [1.54, 1.807) is 6.92 Å². The number of aliphatic hydroxyl groups excluding tert-OH is 1. The minimum absolute atomic E-state index is 0.418. The number of rotatable bonds is 3. The molecule has 1 aliphatic rings. The van der Waals surface area contributed by atoms with Crippen molar-refractivity contribution in [2.24, 2.45) is 5.92 Å². The first-order chi connectivity index (χ1) is 8.61. The molecule has 1 aliphatic heterocycles. The van der Waals surface area contributed by atoms with Gasteiger partial charge in [-0.2, -0.15) is 0 Å². The van der Waals surface area contributed by atoms with Crippen LogP contribution in [0.25, 0.3) is 0 Å². The topological polar surface area (TPSA) is 23.5 Å². The molecule has 1 saturated heterocycles. The SMILES string of the molecule is CCC1CCCN(c2ccc([C@@H](C)O)c(Br)c2)C1. The van der Waals surface area contributed by atoms with Crippen molar-refractivity contribution >= 4 is 21.6 Å². The average Bonchev–Trinajstić information content (AvgIpc) is 2.38. The molecule has 0 aromatic heterocycles. The third-order valence-electron chi connectivity index (χ3n) is 3.90. The Hall–Kier alpha value is -0.540. The molecule has 1 aromatic rings. The van der Waals surface area contributed by atoms with E-state index in [2.05, 4.69) is 39.9 Å². The lowest BCUT2D eigenvalue weighted by atomic mass is 9.95. The lowest BCUT2D eigenvalue weighted by Gasteiger charge is -2.34. The third kappa shape index (κ3) is 3.07. The zero-order chi connectivity index (χ0) is 13.1. The maximum atomic E-state index is 9.64. The van der Waals surface area contributed by atoms with Crippen LogP contribution >= 0.6 is 15.9 Å². The van der Waals surface area contributed by atoms with Gasteiger partial charge >= 0.3 is 0 Å². The largest absolute Gasteiger partial charge is 0.389 e. The van der Waals surface area contributed by atoms with Crippen LogP contribution in [0.5, 0.6) is 0 Å². The summed E-state index contributed by atoms with van der Waals surface area (Å²) in [7, 11) is 0. The quantitative estimate of drug-likeness (QED) is 0.907. The van der Waals surface area contributed by atoms with E-state index in [0.717, 1.165) is 29.0 Å². The Kier molecular flexibility index (Phi) is 4.68. The molecule has 18 heavy (non-hydrogen) atoms. The fourth-order valence-corrected chi connectivity index (χ4v) is 3.38. The summed E-state index contributed by atoms with van der Waals surface area (Å²) in [5.41, 5.74) is 2.23. The standard InChI is InChI=1S/C15H22BrNO/c1-3-12-5-4-8-17(10-12)13-6-7-14(11(2)18)15(16)9-13/h6-7,9,11-12,18H,3-5,8,10H2,1-2H3/t11-,12?/m1/s1. The van der Waals surface area contributed by atoms with Gasteiger partial charge in [-0.05, 0) is 43.4 Å². The molecule has 0 aliphatic carbocycles. The van der Waals surface area contributed by atoms with Crippen molar-refractivity contribution in [1.82, 2.24) is 0 Å². The highest BCUT2D eigenvalue weighted by molar-refractivity contribution is 9.10. The lowest BCUT2D eigenvalue weighted by Crippen LogP contribution is -2.35. The molecule has 2 nitrogen and oxygen atoms in total. The Morgan fingerprint density at radius 2 is 2.28 bits per heavy atom. The Labute approximate surface area is 118 Å². The summed E-state index contributed by atoms with van der Waals surface area (Å²) < 4.78 is 1.01. The summed E-state index contributed by atoms with van der Waals surface area (Å²) in [5, 5.41) is 9.64. The van der Waals surface area contributed by atoms with Gasteiger partial charge in [-0.3, -0.25) is 0 Å². The van der Waals surface area contributed by atoms with Crippen molar-refractivity contribution in [1.29, 1.82) is 0 Å². The summed E-state index contributed by atoms with van der Waals surface area (Å²) >= 11 is 3.56. The van der Waals surface area contributed by atoms with Gasteiger partial charge < -0.3 is 10.0 Å². The highest BCUT2D eigenvalue weighted by Crippen LogP contribution is 2.31. The molecule has 1 heterocycles. The van der Waals surface area contributed by atoms with Gasteiger partial charge in [0.2, 0.25) is 0 Å². The number of benzene rings is 1. The first-order valence-electron chi connectivity index (χ1n) is 6.84. The smallest absolute Gasteiger partial charge is 0.0772 e. The maximum absolute atomic E-state index is 9.64. The van der Waals surface area contributed by atoms with Crippen LogP contribution < -0.4 is 4.90 Å². The fourth-order valence-electron chi connectivity index (χ4n) is 2.68. The summed E-state index contributed by atoms with van der Waals surface area (Å²) in [6.07, 6.45) is 3.50. The van der Waals surface area contributed by atoms with E-state index in [4.69, 9.17) is 0 Å². The minimum atomic E-state index is -0.418. The van der Waals surface area contributed by atoms with E-state index in [0.29, 0.717) is 0 Å². The Morgan fingerprint density at radius 1 is 1.50 bits per heavy atom. The Morgan fingerprint density at radius 3 is 2.89 bits per heavy atom. The normalized spacial score (nSPS) is 22.0. The Balaban J connectivity index is 2.16. The van der Waals surface area contributed by atoms with E-state index < -0.39 is 6.10 Å². The minimum Gasteiger partial charge on any atom is -0.389 e. The van der Waals surface area contributed by atoms with E-state index in [9.17, 15) is 5.11 Å². The van der Waals surface area contributed by atoms with Gasteiger partial charge in [-0.25, -0.2) is 0 Å². The molecule has 2 rings (SSSR count). The molecular weight excluding hydrogens is 290 g/mol. The maximum Gasteiger partial charge on any atom is 0.0772 e. The van der Waals surface area contributed by atoms with Crippen molar-refractivity contribution in [3.63, 3.8) is 0 Å². The number of anilines is 1. The first kappa shape index (κ1) is 13.9. The highest BCUT2D eigenvalue weighted by atomic mass is 79.9. The average molecular weight is 312 g/mol. The number of nitrogens with zero attached hydrogens (tertiary/aromatic N) is 1. The Bertz CT molecular complexity index is 405. The van der Waals surface area contributed by atoms with Crippen LogP contribution in [0.1, 0.15) is 44.8 Å². The van der Waals surface area contributed by atoms with Crippen molar-refractivity contribution in [3.05, 3.63) is 28.2 Å². The number of aliphatic hydroxyl groups is 1. The highest BCUT2D eigenvalue weighted by Gasteiger charge is 2.19. The van der Waals surface area contributed by atoms with Crippen molar-refractivity contribution in [3.8, 4) is 0 Å². The second kappa shape index (κ2) is 6.07. The van der Waals surface area contributed by atoms with E-state index >= 15 is 0 Å². The van der Waals surface area contributed by atoms with Gasteiger partial charge in [-0.15, -0.1) is 0 Å². The van der Waals surface area contributed by atoms with Gasteiger partial charge in [0.15, 0.2) is 0 Å². The van der Waals surface area contributed by atoms with Crippen LogP contribution in [0.15, 0.2) is 22.7 Å². The molecule has 0 bridgehead atoms. The van der Waals surface area contributed by atoms with Crippen LogP contribution in [-0.2, 0) is 0 Å². The molecule has 1 N–H and O–H groups in total. The van der Waals surface area contributed by atoms with Gasteiger partial charge in [-0.1, -0.05) is 35.3 Å². The van der Waals surface area contributed by atoms with E-state index in [-0.39, 0.29) is 0 Å². The molecule has 2 atom stereocenters. The number of hydrogen-bond acceptors (Lipinski definition) is 2. The van der Waals surface area contributed by atoms with Crippen LogP contribution in [0.4, 0.5) is 5.69 Å². The number of piperidine rings is 1. The molecule has 0 amide bonds. The van der Waals surface area contributed by atoms with Gasteiger partial charge in [0.05, 0.1) is 6.10 Å². The summed E-state index contributed by atoms with van der Waals surface area (Å²) in [4.78, 5) is 2.47. The molecule has 1 aromatic carbocycles. The predicted molar refractivity (Wildman–Crippen MR) is 80.0 cm³/mol. The van der Waals surface area contributed by atoms with E-state index in [1.807, 2.05) is 6.07 Å². The fraction of sp³-hybridized carbons (Fsp3) is 0.600. The molecule has 100 valence electrons. The third-order valence-corrected chi connectivity index (χ3v) is 4.58. The second-order valence-corrected chi connectivity index (χ2v) is 6.10. The molecule has 1 unspecified atom stereocenters. The van der Waals surface area contributed by atoms with Crippen molar-refractivity contribution in [2.45, 2.75) is 39.2 Å². The molecular formula is C15H22BrNO. The zero-order valence-corrected chi connectivity index (χ0v) is 12.8. The summed E-state index contributed by atoms with van der Waals surface area (Å²) in [5.74, 6) is 0.828. The van der Waals surface area contributed by atoms with Gasteiger partial charge in [0, 0.05) is 23.2 Å². The second-order valence-electron chi connectivity index (χ2n) is 5.24. The first-order valence-corrected chi connectivity index (χ1v) is 7.63. The number of hydrogen-bond donors (Lipinski definition) is 1.